The molecule has 0 rings (SSSR count). The standard InChI is InChI=1S/C25H42O4/c1-4-7-8-9-10-11-12-13-14-15-16-17-18-19-20-21-22-25(5-2,23(26)27)24(28)29-6-3/h7-8,10-11,13-14H,4-6,9,12,15-22H2,1-3H3,(H,26,27). The van der Waals surface area contributed by atoms with Crippen molar-refractivity contribution in [2.24, 2.45) is 5.41 Å². The van der Waals surface area contributed by atoms with Gasteiger partial charge in [-0.3, -0.25) is 9.59 Å². The van der Waals surface area contributed by atoms with Gasteiger partial charge in [0.1, 0.15) is 0 Å². The number of aliphatic carboxylic acids is 1. The molecule has 0 saturated carbocycles. The summed E-state index contributed by atoms with van der Waals surface area (Å²) in [5.74, 6) is -1.65. The molecule has 0 fully saturated rings. The van der Waals surface area contributed by atoms with Crippen molar-refractivity contribution in [2.45, 2.75) is 97.8 Å². The number of carbonyl (C=O) groups excluding carboxylic acids is 1. The number of ether oxygens (including phenoxy) is 1. The molecule has 0 heterocycles. The second-order valence-electron chi connectivity index (χ2n) is 7.42. The van der Waals surface area contributed by atoms with Gasteiger partial charge in [-0.25, -0.2) is 0 Å². The highest BCUT2D eigenvalue weighted by Gasteiger charge is 2.45. The van der Waals surface area contributed by atoms with Crippen molar-refractivity contribution in [1.82, 2.24) is 0 Å². The fourth-order valence-electron chi connectivity index (χ4n) is 3.26. The van der Waals surface area contributed by atoms with Crippen LogP contribution in [0.3, 0.4) is 0 Å². The lowest BCUT2D eigenvalue weighted by atomic mass is 9.80. The average molecular weight is 407 g/mol. The zero-order chi connectivity index (χ0) is 21.8. The molecular formula is C25H42O4. The van der Waals surface area contributed by atoms with E-state index in [1.54, 1.807) is 13.8 Å². The van der Waals surface area contributed by atoms with E-state index in [0.29, 0.717) is 6.42 Å². The quantitative estimate of drug-likeness (QED) is 0.115. The van der Waals surface area contributed by atoms with Crippen LogP contribution in [0.15, 0.2) is 36.5 Å². The van der Waals surface area contributed by atoms with Crippen molar-refractivity contribution in [1.29, 1.82) is 0 Å². The van der Waals surface area contributed by atoms with Crippen LogP contribution < -0.4 is 0 Å². The zero-order valence-corrected chi connectivity index (χ0v) is 18.8. The Morgan fingerprint density at radius 1 is 0.793 bits per heavy atom. The molecule has 0 spiro atoms. The van der Waals surface area contributed by atoms with Gasteiger partial charge in [-0.05, 0) is 51.9 Å². The first-order chi connectivity index (χ1) is 14.0. The van der Waals surface area contributed by atoms with Gasteiger partial charge in [-0.1, -0.05) is 82.4 Å². The minimum atomic E-state index is -1.37. The summed E-state index contributed by atoms with van der Waals surface area (Å²) in [4.78, 5) is 23.8. The Hall–Kier alpha value is -1.84. The lowest BCUT2D eigenvalue weighted by Crippen LogP contribution is -2.40. The highest BCUT2D eigenvalue weighted by molar-refractivity contribution is 5.99. The Kier molecular flexibility index (Phi) is 17.1. The van der Waals surface area contributed by atoms with Gasteiger partial charge in [0.05, 0.1) is 6.61 Å². The Balaban J connectivity index is 3.83. The van der Waals surface area contributed by atoms with E-state index in [4.69, 9.17) is 4.74 Å². The maximum absolute atomic E-state index is 12.1. The van der Waals surface area contributed by atoms with Gasteiger partial charge < -0.3 is 9.84 Å². The van der Waals surface area contributed by atoms with Crippen molar-refractivity contribution in [3.05, 3.63) is 36.5 Å². The van der Waals surface area contributed by atoms with Crippen LogP contribution in [0.25, 0.3) is 0 Å². The number of carboxylic acid groups (broad SMARTS) is 1. The summed E-state index contributed by atoms with van der Waals surface area (Å²) in [6.07, 6.45) is 24.5. The van der Waals surface area contributed by atoms with Gasteiger partial charge in [0.2, 0.25) is 0 Å². The predicted molar refractivity (Wildman–Crippen MR) is 121 cm³/mol. The minimum Gasteiger partial charge on any atom is -0.480 e. The van der Waals surface area contributed by atoms with Crippen molar-refractivity contribution in [3.8, 4) is 0 Å². The summed E-state index contributed by atoms with van der Waals surface area (Å²) >= 11 is 0. The molecule has 4 nitrogen and oxygen atoms in total. The van der Waals surface area contributed by atoms with E-state index >= 15 is 0 Å². The molecule has 0 aromatic carbocycles. The summed E-state index contributed by atoms with van der Waals surface area (Å²) in [6.45, 7) is 5.82. The SMILES string of the molecule is CCC=CCC=CCC=CCCCCCCCCC(CC)(C(=O)O)C(=O)OCC. The number of carboxylic acids is 1. The first kappa shape index (κ1) is 27.2. The topological polar surface area (TPSA) is 63.6 Å². The Labute approximate surface area is 178 Å². The number of esters is 1. The molecule has 4 heteroatoms. The molecule has 0 aliphatic heterocycles. The fourth-order valence-corrected chi connectivity index (χ4v) is 3.26. The number of hydrogen-bond acceptors (Lipinski definition) is 3. The van der Waals surface area contributed by atoms with Crippen molar-refractivity contribution in [3.63, 3.8) is 0 Å². The fraction of sp³-hybridized carbons (Fsp3) is 0.680. The Morgan fingerprint density at radius 2 is 1.34 bits per heavy atom. The van der Waals surface area contributed by atoms with Gasteiger partial charge >= 0.3 is 11.9 Å². The Morgan fingerprint density at radius 3 is 1.90 bits per heavy atom. The van der Waals surface area contributed by atoms with Crippen LogP contribution in [0, 0.1) is 5.41 Å². The van der Waals surface area contributed by atoms with Crippen LogP contribution >= 0.6 is 0 Å². The van der Waals surface area contributed by atoms with Gasteiger partial charge in [0.15, 0.2) is 5.41 Å². The van der Waals surface area contributed by atoms with Gasteiger partial charge in [0.25, 0.3) is 0 Å². The summed E-state index contributed by atoms with van der Waals surface area (Å²) in [5.41, 5.74) is -1.37. The van der Waals surface area contributed by atoms with E-state index < -0.39 is 17.4 Å². The van der Waals surface area contributed by atoms with E-state index in [1.807, 2.05) is 0 Å². The number of unbranched alkanes of at least 4 members (excludes halogenated alkanes) is 6. The second-order valence-corrected chi connectivity index (χ2v) is 7.42. The summed E-state index contributed by atoms with van der Waals surface area (Å²) in [5, 5.41) is 9.53. The molecule has 0 aliphatic rings. The van der Waals surface area contributed by atoms with Crippen LogP contribution in [0.4, 0.5) is 0 Å². The molecule has 0 aliphatic carbocycles. The molecule has 0 bridgehead atoms. The van der Waals surface area contributed by atoms with Crippen LogP contribution in [0.1, 0.15) is 97.8 Å². The first-order valence-electron chi connectivity index (χ1n) is 11.4. The molecule has 1 atom stereocenters. The third-order valence-electron chi connectivity index (χ3n) is 5.18. The number of hydrogen-bond donors (Lipinski definition) is 1. The molecule has 29 heavy (non-hydrogen) atoms. The van der Waals surface area contributed by atoms with Crippen molar-refractivity contribution < 1.29 is 19.4 Å². The van der Waals surface area contributed by atoms with E-state index in [9.17, 15) is 14.7 Å². The highest BCUT2D eigenvalue weighted by atomic mass is 16.5. The summed E-state index contributed by atoms with van der Waals surface area (Å²) < 4.78 is 5.01. The number of carbonyl (C=O) groups is 2. The monoisotopic (exact) mass is 406 g/mol. The molecule has 0 radical (unpaired) electrons. The van der Waals surface area contributed by atoms with E-state index in [1.165, 1.54) is 12.8 Å². The third-order valence-corrected chi connectivity index (χ3v) is 5.18. The van der Waals surface area contributed by atoms with Crippen molar-refractivity contribution >= 4 is 11.9 Å². The van der Waals surface area contributed by atoms with Crippen LogP contribution in [0.5, 0.6) is 0 Å². The van der Waals surface area contributed by atoms with Crippen LogP contribution in [-0.4, -0.2) is 23.7 Å². The number of rotatable bonds is 18. The highest BCUT2D eigenvalue weighted by Crippen LogP contribution is 2.31. The van der Waals surface area contributed by atoms with Gasteiger partial charge in [-0.2, -0.15) is 0 Å². The van der Waals surface area contributed by atoms with Crippen LogP contribution in [0.2, 0.25) is 0 Å². The summed E-state index contributed by atoms with van der Waals surface area (Å²) in [7, 11) is 0. The predicted octanol–water partition coefficient (Wildman–Crippen LogP) is 7.01. The maximum atomic E-state index is 12.1. The lowest BCUT2D eigenvalue weighted by Gasteiger charge is -2.25. The van der Waals surface area contributed by atoms with Gasteiger partial charge in [-0.15, -0.1) is 0 Å². The molecule has 0 aromatic heterocycles. The largest absolute Gasteiger partial charge is 0.480 e. The van der Waals surface area contributed by atoms with Gasteiger partial charge in [0, 0.05) is 0 Å². The zero-order valence-electron chi connectivity index (χ0n) is 18.8. The molecular weight excluding hydrogens is 364 g/mol. The molecule has 0 saturated heterocycles. The first-order valence-corrected chi connectivity index (χ1v) is 11.4. The maximum Gasteiger partial charge on any atom is 0.323 e. The lowest BCUT2D eigenvalue weighted by molar-refractivity contribution is -0.169. The van der Waals surface area contributed by atoms with E-state index in [0.717, 1.165) is 51.4 Å². The third kappa shape index (κ3) is 12.4. The molecule has 0 amide bonds. The molecule has 1 unspecified atom stereocenters. The average Bonchev–Trinajstić information content (AvgIpc) is 2.70. The minimum absolute atomic E-state index is 0.217. The molecule has 166 valence electrons. The normalized spacial score (nSPS) is 14.0. The molecule has 0 aromatic rings. The smallest absolute Gasteiger partial charge is 0.323 e. The van der Waals surface area contributed by atoms with Crippen molar-refractivity contribution in [2.75, 3.05) is 6.61 Å². The van der Waals surface area contributed by atoms with E-state index in [-0.39, 0.29) is 13.0 Å². The van der Waals surface area contributed by atoms with Crippen LogP contribution in [-0.2, 0) is 14.3 Å². The van der Waals surface area contributed by atoms with E-state index in [2.05, 4.69) is 43.4 Å². The number of allylic oxidation sites excluding steroid dienone is 6. The Bertz CT molecular complexity index is 519. The summed E-state index contributed by atoms with van der Waals surface area (Å²) in [6, 6.07) is 0. The molecule has 1 N–H and O–H groups in total. The second kappa shape index (κ2) is 18.2.